The summed E-state index contributed by atoms with van der Waals surface area (Å²) in [5, 5.41) is 15.7. The Kier molecular flexibility index (Phi) is 5.21. The number of fused-ring (bicyclic) bond motifs is 1. The molecule has 0 unspecified atom stereocenters. The van der Waals surface area contributed by atoms with Gasteiger partial charge in [-0.2, -0.15) is 4.98 Å². The number of rotatable bonds is 6. The Labute approximate surface area is 171 Å². The van der Waals surface area contributed by atoms with Crippen molar-refractivity contribution in [3.05, 3.63) is 66.1 Å². The minimum absolute atomic E-state index is 0.0604. The van der Waals surface area contributed by atoms with Crippen LogP contribution in [-0.2, 0) is 11.3 Å². The molecule has 0 aliphatic rings. The first-order valence-electron chi connectivity index (χ1n) is 9.03. The lowest BCUT2D eigenvalue weighted by Crippen LogP contribution is -2.06. The highest BCUT2D eigenvalue weighted by molar-refractivity contribution is 5.98. The molecule has 3 aromatic carbocycles. The van der Waals surface area contributed by atoms with Crippen molar-refractivity contribution in [3.63, 3.8) is 0 Å². The quantitative estimate of drug-likeness (QED) is 0.480. The number of ether oxygens (including phenoxy) is 3. The Hall–Kier alpha value is -4.07. The minimum atomic E-state index is -0.694. The van der Waals surface area contributed by atoms with Crippen LogP contribution >= 0.6 is 0 Å². The van der Waals surface area contributed by atoms with Crippen molar-refractivity contribution in [2.45, 2.75) is 6.61 Å². The zero-order chi connectivity index (χ0) is 21.1. The number of esters is 1. The molecule has 152 valence electrons. The fourth-order valence-electron chi connectivity index (χ4n) is 3.00. The Morgan fingerprint density at radius 2 is 1.80 bits per heavy atom. The van der Waals surface area contributed by atoms with Crippen LogP contribution in [0, 0.1) is 0 Å². The second-order valence-electron chi connectivity index (χ2n) is 6.37. The van der Waals surface area contributed by atoms with E-state index in [-0.39, 0.29) is 29.6 Å². The van der Waals surface area contributed by atoms with Gasteiger partial charge in [0, 0.05) is 6.07 Å². The molecule has 30 heavy (non-hydrogen) atoms. The van der Waals surface area contributed by atoms with Crippen molar-refractivity contribution >= 4 is 16.7 Å². The Balaban J connectivity index is 1.50. The number of methoxy groups -OCH3 is 2. The van der Waals surface area contributed by atoms with Crippen molar-refractivity contribution < 1.29 is 28.6 Å². The molecular formula is C22H18N2O6. The molecule has 0 radical (unpaired) electrons. The lowest BCUT2D eigenvalue weighted by molar-refractivity contribution is 0.0427. The first kappa shape index (κ1) is 19.3. The number of nitrogens with zero attached hydrogens (tertiary/aromatic N) is 2. The summed E-state index contributed by atoms with van der Waals surface area (Å²) in [5.41, 5.74) is 0.664. The van der Waals surface area contributed by atoms with Gasteiger partial charge in [0.2, 0.25) is 5.82 Å². The molecule has 0 saturated heterocycles. The number of aromatic hydroxyl groups is 1. The van der Waals surface area contributed by atoms with E-state index < -0.39 is 5.97 Å². The van der Waals surface area contributed by atoms with Gasteiger partial charge < -0.3 is 23.8 Å². The number of phenols is 1. The fourth-order valence-corrected chi connectivity index (χ4v) is 3.00. The topological polar surface area (TPSA) is 104 Å². The highest BCUT2D eigenvalue weighted by atomic mass is 16.6. The first-order valence-corrected chi connectivity index (χ1v) is 9.03. The van der Waals surface area contributed by atoms with Gasteiger partial charge in [-0.05, 0) is 35.0 Å². The number of hydrogen-bond donors (Lipinski definition) is 1. The van der Waals surface area contributed by atoms with Crippen LogP contribution in [-0.4, -0.2) is 35.4 Å². The van der Waals surface area contributed by atoms with E-state index in [4.69, 9.17) is 18.7 Å². The predicted octanol–water partition coefficient (Wildman–Crippen LogP) is 3.97. The van der Waals surface area contributed by atoms with Gasteiger partial charge in [0.1, 0.15) is 22.8 Å². The number of benzene rings is 3. The van der Waals surface area contributed by atoms with Crippen LogP contribution in [0.1, 0.15) is 16.2 Å². The first-order chi connectivity index (χ1) is 14.6. The molecule has 0 fully saturated rings. The maximum atomic E-state index is 12.4. The highest BCUT2D eigenvalue weighted by Crippen LogP contribution is 2.31. The van der Waals surface area contributed by atoms with E-state index in [1.807, 2.05) is 24.3 Å². The van der Waals surface area contributed by atoms with E-state index in [0.29, 0.717) is 17.1 Å². The van der Waals surface area contributed by atoms with Gasteiger partial charge in [-0.15, -0.1) is 0 Å². The summed E-state index contributed by atoms with van der Waals surface area (Å²) in [6.07, 6.45) is 0. The molecular weight excluding hydrogens is 388 g/mol. The molecule has 0 aliphatic heterocycles. The van der Waals surface area contributed by atoms with Crippen LogP contribution in [0.25, 0.3) is 22.2 Å². The number of phenolic OH excluding ortho intramolecular Hbond substituents is 1. The van der Waals surface area contributed by atoms with Crippen molar-refractivity contribution in [1.29, 1.82) is 0 Å². The molecule has 8 heteroatoms. The van der Waals surface area contributed by atoms with Gasteiger partial charge in [0.25, 0.3) is 5.89 Å². The van der Waals surface area contributed by atoms with Gasteiger partial charge in [0.15, 0.2) is 6.61 Å². The van der Waals surface area contributed by atoms with Crippen molar-refractivity contribution in [1.82, 2.24) is 10.1 Å². The molecule has 0 bridgehead atoms. The average molecular weight is 406 g/mol. The lowest BCUT2D eigenvalue weighted by atomic mass is 10.1. The molecule has 0 amide bonds. The van der Waals surface area contributed by atoms with Crippen LogP contribution in [0.2, 0.25) is 0 Å². The number of hydrogen-bond acceptors (Lipinski definition) is 8. The fraction of sp³-hybridized carbons (Fsp3) is 0.136. The minimum Gasteiger partial charge on any atom is -0.507 e. The molecule has 8 nitrogen and oxygen atoms in total. The summed E-state index contributed by atoms with van der Waals surface area (Å²) in [7, 11) is 3.08. The molecule has 0 saturated carbocycles. The van der Waals surface area contributed by atoms with E-state index in [2.05, 4.69) is 10.1 Å². The highest BCUT2D eigenvalue weighted by Gasteiger charge is 2.18. The smallest absolute Gasteiger partial charge is 0.342 e. The van der Waals surface area contributed by atoms with E-state index in [1.54, 1.807) is 31.4 Å². The van der Waals surface area contributed by atoms with Gasteiger partial charge in [0.05, 0.1) is 19.8 Å². The molecule has 1 heterocycles. The van der Waals surface area contributed by atoms with E-state index in [9.17, 15) is 9.90 Å². The summed E-state index contributed by atoms with van der Waals surface area (Å²) in [5.74, 6) is 0.682. The van der Waals surface area contributed by atoms with Crippen LogP contribution in [0.3, 0.4) is 0 Å². The third-order valence-corrected chi connectivity index (χ3v) is 4.53. The average Bonchev–Trinajstić information content (AvgIpc) is 3.25. The second-order valence-corrected chi connectivity index (χ2v) is 6.37. The zero-order valence-electron chi connectivity index (χ0n) is 16.3. The molecule has 1 aromatic heterocycles. The van der Waals surface area contributed by atoms with Crippen molar-refractivity contribution in [2.75, 3.05) is 14.2 Å². The SMILES string of the molecule is COc1ccc(-c2noc(COC(=O)c3cc4ccccc4cc3O)n2)c(OC)c1. The molecule has 0 atom stereocenters. The summed E-state index contributed by atoms with van der Waals surface area (Å²) in [6, 6.07) is 15.7. The second kappa shape index (κ2) is 8.12. The molecule has 1 N–H and O–H groups in total. The Morgan fingerprint density at radius 3 is 2.53 bits per heavy atom. The van der Waals surface area contributed by atoms with Crippen LogP contribution in [0.15, 0.2) is 59.1 Å². The summed E-state index contributed by atoms with van der Waals surface area (Å²) >= 11 is 0. The summed E-state index contributed by atoms with van der Waals surface area (Å²) in [6.45, 7) is -0.240. The van der Waals surface area contributed by atoms with Gasteiger partial charge in [-0.3, -0.25) is 0 Å². The van der Waals surface area contributed by atoms with E-state index >= 15 is 0 Å². The van der Waals surface area contributed by atoms with Gasteiger partial charge in [-0.25, -0.2) is 4.79 Å². The standard InChI is InChI=1S/C22H18N2O6/c1-27-15-7-8-16(19(11-15)28-2)21-23-20(30-24-21)12-29-22(26)17-9-13-5-3-4-6-14(13)10-18(17)25/h3-11,25H,12H2,1-2H3. The number of carbonyl (C=O) groups excluding carboxylic acids is 1. The molecule has 4 rings (SSSR count). The van der Waals surface area contributed by atoms with Crippen LogP contribution in [0.5, 0.6) is 17.2 Å². The van der Waals surface area contributed by atoms with Gasteiger partial charge in [-0.1, -0.05) is 29.4 Å². The largest absolute Gasteiger partial charge is 0.507 e. The maximum Gasteiger partial charge on any atom is 0.342 e. The molecule has 0 spiro atoms. The van der Waals surface area contributed by atoms with Gasteiger partial charge >= 0.3 is 5.97 Å². The zero-order valence-corrected chi connectivity index (χ0v) is 16.3. The Morgan fingerprint density at radius 1 is 1.03 bits per heavy atom. The summed E-state index contributed by atoms with van der Waals surface area (Å²) in [4.78, 5) is 16.7. The number of aromatic nitrogens is 2. The predicted molar refractivity (Wildman–Crippen MR) is 108 cm³/mol. The van der Waals surface area contributed by atoms with Crippen LogP contribution in [0.4, 0.5) is 0 Å². The third-order valence-electron chi connectivity index (χ3n) is 4.53. The van der Waals surface area contributed by atoms with Crippen LogP contribution < -0.4 is 9.47 Å². The monoisotopic (exact) mass is 406 g/mol. The normalized spacial score (nSPS) is 10.7. The van der Waals surface area contributed by atoms with E-state index in [0.717, 1.165) is 10.8 Å². The summed E-state index contributed by atoms with van der Waals surface area (Å²) < 4.78 is 20.9. The van der Waals surface area contributed by atoms with E-state index in [1.165, 1.54) is 13.2 Å². The third kappa shape index (κ3) is 3.75. The molecule has 0 aliphatic carbocycles. The molecule has 4 aromatic rings. The lowest BCUT2D eigenvalue weighted by Gasteiger charge is -2.07. The van der Waals surface area contributed by atoms with Crippen molar-refractivity contribution in [2.24, 2.45) is 0 Å². The number of carbonyl (C=O) groups is 1. The maximum absolute atomic E-state index is 12.4. The van der Waals surface area contributed by atoms with Crippen molar-refractivity contribution in [3.8, 4) is 28.6 Å². The Bertz CT molecular complexity index is 1220.